The molecule has 46 valence electrons. The molecule has 0 amide bonds. The van der Waals surface area contributed by atoms with Gasteiger partial charge in [0.25, 0.3) is 0 Å². The van der Waals surface area contributed by atoms with Crippen LogP contribution in [0.1, 0.15) is 19.8 Å². The van der Waals surface area contributed by atoms with Gasteiger partial charge in [0.15, 0.2) is 0 Å². The fraction of sp³-hybridized carbons (Fsp3) is 1.00. The molecule has 1 heterocycles. The SMILES string of the molecule is CC[C@@]12COC[C@@H]1C2. The second-order valence-corrected chi connectivity index (χ2v) is 3.13. The molecule has 0 unspecified atom stereocenters. The molecule has 1 saturated heterocycles. The van der Waals surface area contributed by atoms with Crippen molar-refractivity contribution in [1.29, 1.82) is 0 Å². The van der Waals surface area contributed by atoms with Gasteiger partial charge in [0.1, 0.15) is 0 Å². The van der Waals surface area contributed by atoms with Crippen molar-refractivity contribution >= 4 is 0 Å². The quantitative estimate of drug-likeness (QED) is 0.498. The molecule has 1 heteroatoms. The Morgan fingerprint density at radius 1 is 1.75 bits per heavy atom. The summed E-state index contributed by atoms with van der Waals surface area (Å²) in [4.78, 5) is 0. The first-order chi connectivity index (χ1) is 3.87. The maximum absolute atomic E-state index is 5.30. The molecule has 2 rings (SSSR count). The van der Waals surface area contributed by atoms with E-state index in [2.05, 4.69) is 6.92 Å². The van der Waals surface area contributed by atoms with E-state index in [4.69, 9.17) is 4.74 Å². The fourth-order valence-electron chi connectivity index (χ4n) is 1.78. The van der Waals surface area contributed by atoms with Crippen LogP contribution < -0.4 is 0 Å². The molecule has 2 aliphatic rings. The van der Waals surface area contributed by atoms with Crippen LogP contribution in [0.15, 0.2) is 0 Å². The van der Waals surface area contributed by atoms with Crippen LogP contribution in [0.25, 0.3) is 0 Å². The van der Waals surface area contributed by atoms with Gasteiger partial charge in [0.2, 0.25) is 0 Å². The van der Waals surface area contributed by atoms with E-state index in [-0.39, 0.29) is 0 Å². The predicted octanol–water partition coefficient (Wildman–Crippen LogP) is 1.43. The molecular weight excluding hydrogens is 100 g/mol. The van der Waals surface area contributed by atoms with E-state index in [1.165, 1.54) is 12.8 Å². The highest BCUT2D eigenvalue weighted by atomic mass is 16.5. The molecule has 0 N–H and O–H groups in total. The highest BCUT2D eigenvalue weighted by Gasteiger charge is 2.56. The van der Waals surface area contributed by atoms with Gasteiger partial charge < -0.3 is 4.74 Å². The summed E-state index contributed by atoms with van der Waals surface area (Å²) in [6.07, 6.45) is 2.78. The second kappa shape index (κ2) is 1.27. The molecule has 2 atom stereocenters. The van der Waals surface area contributed by atoms with Crippen molar-refractivity contribution in [3.63, 3.8) is 0 Å². The number of hydrogen-bond acceptors (Lipinski definition) is 1. The maximum Gasteiger partial charge on any atom is 0.0526 e. The third kappa shape index (κ3) is 0.408. The Morgan fingerprint density at radius 3 is 2.88 bits per heavy atom. The smallest absolute Gasteiger partial charge is 0.0526 e. The van der Waals surface area contributed by atoms with E-state index >= 15 is 0 Å². The number of fused-ring (bicyclic) bond motifs is 1. The summed E-state index contributed by atoms with van der Waals surface area (Å²) in [5, 5.41) is 0. The van der Waals surface area contributed by atoms with E-state index in [0.717, 1.165) is 19.1 Å². The first-order valence-electron chi connectivity index (χ1n) is 3.45. The highest BCUT2D eigenvalue weighted by Crippen LogP contribution is 2.58. The van der Waals surface area contributed by atoms with Crippen LogP contribution in [0.2, 0.25) is 0 Å². The van der Waals surface area contributed by atoms with Crippen LogP contribution in [0.4, 0.5) is 0 Å². The zero-order valence-electron chi connectivity index (χ0n) is 5.31. The average Bonchev–Trinajstić information content (AvgIpc) is 2.38. The van der Waals surface area contributed by atoms with Crippen LogP contribution >= 0.6 is 0 Å². The molecule has 0 aromatic rings. The molecule has 1 aliphatic carbocycles. The van der Waals surface area contributed by atoms with E-state index in [9.17, 15) is 0 Å². The molecule has 1 aliphatic heterocycles. The summed E-state index contributed by atoms with van der Waals surface area (Å²) in [6.45, 7) is 4.37. The summed E-state index contributed by atoms with van der Waals surface area (Å²) < 4.78 is 5.30. The van der Waals surface area contributed by atoms with Crippen molar-refractivity contribution in [2.45, 2.75) is 19.8 Å². The normalized spacial score (nSPS) is 51.4. The molecule has 0 aromatic carbocycles. The Morgan fingerprint density at radius 2 is 2.62 bits per heavy atom. The van der Waals surface area contributed by atoms with Gasteiger partial charge in [-0.3, -0.25) is 0 Å². The monoisotopic (exact) mass is 112 g/mol. The minimum Gasteiger partial charge on any atom is -0.381 e. The molecule has 0 aromatic heterocycles. The topological polar surface area (TPSA) is 9.23 Å². The Hall–Kier alpha value is -0.0400. The van der Waals surface area contributed by atoms with E-state index in [1.54, 1.807) is 0 Å². The van der Waals surface area contributed by atoms with Crippen LogP contribution in [0.3, 0.4) is 0 Å². The van der Waals surface area contributed by atoms with Crippen LogP contribution in [-0.4, -0.2) is 13.2 Å². The van der Waals surface area contributed by atoms with Crippen LogP contribution in [0.5, 0.6) is 0 Å². The van der Waals surface area contributed by atoms with E-state index < -0.39 is 0 Å². The lowest BCUT2D eigenvalue weighted by Crippen LogP contribution is -2.01. The van der Waals surface area contributed by atoms with Crippen LogP contribution in [0, 0.1) is 11.3 Å². The van der Waals surface area contributed by atoms with Gasteiger partial charge in [0.05, 0.1) is 13.2 Å². The molecule has 0 radical (unpaired) electrons. The maximum atomic E-state index is 5.30. The molecule has 1 saturated carbocycles. The lowest BCUT2D eigenvalue weighted by molar-refractivity contribution is 0.145. The summed E-state index contributed by atoms with van der Waals surface area (Å²) in [6, 6.07) is 0. The summed E-state index contributed by atoms with van der Waals surface area (Å²) in [5.41, 5.74) is 0.681. The standard InChI is InChI=1S/C7H12O/c1-2-7-3-6(7)4-8-5-7/h6H,2-5H2,1H3/t6-,7+/m0/s1. The molecular formula is C7H12O. The van der Waals surface area contributed by atoms with Crippen molar-refractivity contribution in [3.8, 4) is 0 Å². The van der Waals surface area contributed by atoms with Gasteiger partial charge >= 0.3 is 0 Å². The fourth-order valence-corrected chi connectivity index (χ4v) is 1.78. The molecule has 1 nitrogen and oxygen atoms in total. The Kier molecular flexibility index (Phi) is 0.762. The van der Waals surface area contributed by atoms with Crippen molar-refractivity contribution < 1.29 is 4.74 Å². The minimum absolute atomic E-state index is 0.681. The molecule has 0 spiro atoms. The minimum atomic E-state index is 0.681. The summed E-state index contributed by atoms with van der Waals surface area (Å²) in [7, 11) is 0. The summed E-state index contributed by atoms with van der Waals surface area (Å²) >= 11 is 0. The van der Waals surface area contributed by atoms with Crippen molar-refractivity contribution in [1.82, 2.24) is 0 Å². The van der Waals surface area contributed by atoms with E-state index in [0.29, 0.717) is 5.41 Å². The van der Waals surface area contributed by atoms with Crippen molar-refractivity contribution in [3.05, 3.63) is 0 Å². The van der Waals surface area contributed by atoms with Gasteiger partial charge in [-0.1, -0.05) is 6.92 Å². The molecule has 2 fully saturated rings. The predicted molar refractivity (Wildman–Crippen MR) is 31.6 cm³/mol. The lowest BCUT2D eigenvalue weighted by atomic mass is 10.0. The van der Waals surface area contributed by atoms with Gasteiger partial charge in [-0.15, -0.1) is 0 Å². The van der Waals surface area contributed by atoms with Crippen LogP contribution in [-0.2, 0) is 4.74 Å². The Balaban J connectivity index is 2.08. The number of hydrogen-bond donors (Lipinski definition) is 0. The largest absolute Gasteiger partial charge is 0.381 e. The highest BCUT2D eigenvalue weighted by molar-refractivity contribution is 5.04. The second-order valence-electron chi connectivity index (χ2n) is 3.13. The van der Waals surface area contributed by atoms with E-state index in [1.807, 2.05) is 0 Å². The first kappa shape index (κ1) is 4.80. The first-order valence-corrected chi connectivity index (χ1v) is 3.45. The average molecular weight is 112 g/mol. The number of rotatable bonds is 1. The lowest BCUT2D eigenvalue weighted by Gasteiger charge is -2.03. The molecule has 0 bridgehead atoms. The third-order valence-electron chi connectivity index (χ3n) is 2.77. The summed E-state index contributed by atoms with van der Waals surface area (Å²) in [5.74, 6) is 0.951. The Bertz CT molecular complexity index is 107. The van der Waals surface area contributed by atoms with Crippen molar-refractivity contribution in [2.75, 3.05) is 13.2 Å². The van der Waals surface area contributed by atoms with Crippen molar-refractivity contribution in [2.24, 2.45) is 11.3 Å². The zero-order valence-corrected chi connectivity index (χ0v) is 5.31. The number of ether oxygens (including phenoxy) is 1. The zero-order chi connectivity index (χ0) is 5.61. The Labute approximate surface area is 50.0 Å². The molecule has 8 heavy (non-hydrogen) atoms. The third-order valence-corrected chi connectivity index (χ3v) is 2.77. The van der Waals surface area contributed by atoms with Gasteiger partial charge in [-0.25, -0.2) is 0 Å². The van der Waals surface area contributed by atoms with Gasteiger partial charge in [0, 0.05) is 0 Å². The van der Waals surface area contributed by atoms with Gasteiger partial charge in [-0.05, 0) is 24.2 Å². The van der Waals surface area contributed by atoms with Gasteiger partial charge in [-0.2, -0.15) is 0 Å².